The van der Waals surface area contributed by atoms with Crippen LogP contribution in [-0.2, 0) is 11.3 Å². The zero-order chi connectivity index (χ0) is 20.2. The molecule has 0 radical (unpaired) electrons. The minimum absolute atomic E-state index is 0.0628. The van der Waals surface area contributed by atoms with Crippen molar-refractivity contribution in [2.24, 2.45) is 0 Å². The maximum atomic E-state index is 12.6. The number of carbonyl (C=O) groups excluding carboxylic acids is 1. The zero-order valence-corrected chi connectivity index (χ0v) is 17.1. The molecule has 6 nitrogen and oxygen atoms in total. The first kappa shape index (κ1) is 19.7. The Morgan fingerprint density at radius 3 is 2.62 bits per heavy atom. The van der Waals surface area contributed by atoms with Crippen LogP contribution in [0.4, 0.5) is 0 Å². The molecule has 1 saturated heterocycles. The SMILES string of the molecule is Cc1ccc(C(=O)CSc2nnc(-c3ccc(O)cc3)n2CC2CCCO2)cc1. The Kier molecular flexibility index (Phi) is 5.97. The summed E-state index contributed by atoms with van der Waals surface area (Å²) in [5.74, 6) is 1.28. The Hall–Kier alpha value is -2.64. The number of aromatic hydroxyl groups is 1. The molecule has 3 aromatic rings. The van der Waals surface area contributed by atoms with Gasteiger partial charge in [0.2, 0.25) is 0 Å². The number of phenols is 1. The van der Waals surface area contributed by atoms with E-state index in [9.17, 15) is 9.90 Å². The fraction of sp³-hybridized carbons (Fsp3) is 0.318. The molecule has 1 aliphatic heterocycles. The molecule has 29 heavy (non-hydrogen) atoms. The second-order valence-electron chi connectivity index (χ2n) is 7.18. The van der Waals surface area contributed by atoms with E-state index in [0.717, 1.165) is 30.6 Å². The number of benzene rings is 2. The Labute approximate surface area is 173 Å². The van der Waals surface area contributed by atoms with Crippen molar-refractivity contribution in [3.8, 4) is 17.1 Å². The molecule has 1 aliphatic rings. The molecular formula is C22H23N3O3S. The van der Waals surface area contributed by atoms with Crippen molar-refractivity contribution in [1.82, 2.24) is 14.8 Å². The van der Waals surface area contributed by atoms with Gasteiger partial charge in [-0.1, -0.05) is 41.6 Å². The van der Waals surface area contributed by atoms with Crippen LogP contribution in [0.2, 0.25) is 0 Å². The lowest BCUT2D eigenvalue weighted by Crippen LogP contribution is -2.17. The number of phenolic OH excluding ortho intramolecular Hbond substituents is 1. The number of ketones is 1. The van der Waals surface area contributed by atoms with Crippen LogP contribution >= 0.6 is 11.8 Å². The normalized spacial score (nSPS) is 16.2. The standard InChI is InChI=1S/C22H23N3O3S/c1-15-4-6-16(7-5-15)20(27)14-29-22-24-23-21(17-8-10-18(26)11-9-17)25(22)13-19-3-2-12-28-19/h4-11,19,26H,2-3,12-14H2,1H3. The molecule has 1 aromatic heterocycles. The van der Waals surface area contributed by atoms with Crippen LogP contribution in [0.15, 0.2) is 53.7 Å². The minimum atomic E-state index is 0.0628. The predicted molar refractivity (Wildman–Crippen MR) is 112 cm³/mol. The van der Waals surface area contributed by atoms with Crippen molar-refractivity contribution >= 4 is 17.5 Å². The van der Waals surface area contributed by atoms with E-state index in [1.54, 1.807) is 12.1 Å². The highest BCUT2D eigenvalue weighted by molar-refractivity contribution is 7.99. The molecule has 0 amide bonds. The first-order chi connectivity index (χ1) is 14.1. The van der Waals surface area contributed by atoms with E-state index >= 15 is 0 Å². The summed E-state index contributed by atoms with van der Waals surface area (Å²) in [6.45, 7) is 3.42. The predicted octanol–water partition coefficient (Wildman–Crippen LogP) is 4.11. The van der Waals surface area contributed by atoms with Crippen LogP contribution in [0.1, 0.15) is 28.8 Å². The number of ether oxygens (including phenoxy) is 1. The second-order valence-corrected chi connectivity index (χ2v) is 8.12. The second kappa shape index (κ2) is 8.80. The van der Waals surface area contributed by atoms with E-state index < -0.39 is 0 Å². The quantitative estimate of drug-likeness (QED) is 0.467. The van der Waals surface area contributed by atoms with Gasteiger partial charge in [-0.2, -0.15) is 0 Å². The van der Waals surface area contributed by atoms with Gasteiger partial charge in [0.15, 0.2) is 16.8 Å². The molecule has 0 spiro atoms. The number of aryl methyl sites for hydroxylation is 1. The third-order valence-electron chi connectivity index (χ3n) is 4.96. The van der Waals surface area contributed by atoms with Gasteiger partial charge in [-0.25, -0.2) is 0 Å². The summed E-state index contributed by atoms with van der Waals surface area (Å²) in [5, 5.41) is 19.0. The number of aromatic nitrogens is 3. The van der Waals surface area contributed by atoms with Crippen LogP contribution in [0, 0.1) is 6.92 Å². The number of nitrogens with zero attached hydrogens (tertiary/aromatic N) is 3. The smallest absolute Gasteiger partial charge is 0.192 e. The maximum Gasteiger partial charge on any atom is 0.192 e. The summed E-state index contributed by atoms with van der Waals surface area (Å²) < 4.78 is 7.83. The highest BCUT2D eigenvalue weighted by Gasteiger charge is 2.22. The molecular weight excluding hydrogens is 386 g/mol. The highest BCUT2D eigenvalue weighted by atomic mass is 32.2. The first-order valence-corrected chi connectivity index (χ1v) is 10.7. The molecule has 4 rings (SSSR count). The van der Waals surface area contributed by atoms with E-state index in [1.807, 2.05) is 47.9 Å². The largest absolute Gasteiger partial charge is 0.508 e. The fourth-order valence-corrected chi connectivity index (χ4v) is 4.17. The lowest BCUT2D eigenvalue weighted by molar-refractivity contribution is 0.0953. The monoisotopic (exact) mass is 409 g/mol. The Morgan fingerprint density at radius 1 is 1.17 bits per heavy atom. The van der Waals surface area contributed by atoms with Crippen molar-refractivity contribution in [1.29, 1.82) is 0 Å². The van der Waals surface area contributed by atoms with Gasteiger partial charge in [0.05, 0.1) is 18.4 Å². The third kappa shape index (κ3) is 4.68. The van der Waals surface area contributed by atoms with Crippen molar-refractivity contribution in [2.45, 2.75) is 37.6 Å². The first-order valence-electron chi connectivity index (χ1n) is 9.67. The molecule has 1 unspecified atom stereocenters. The van der Waals surface area contributed by atoms with Crippen LogP contribution < -0.4 is 0 Å². The fourth-order valence-electron chi connectivity index (χ4n) is 3.33. The van der Waals surface area contributed by atoms with Gasteiger partial charge in [0, 0.05) is 17.7 Å². The molecule has 0 aliphatic carbocycles. The summed E-state index contributed by atoms with van der Waals surface area (Å²) in [6, 6.07) is 14.5. The van der Waals surface area contributed by atoms with Gasteiger partial charge in [-0.05, 0) is 44.0 Å². The topological polar surface area (TPSA) is 77.2 Å². The summed E-state index contributed by atoms with van der Waals surface area (Å²) >= 11 is 1.39. The molecule has 1 atom stereocenters. The summed E-state index contributed by atoms with van der Waals surface area (Å²) in [7, 11) is 0. The van der Waals surface area contributed by atoms with Crippen LogP contribution in [0.5, 0.6) is 5.75 Å². The summed E-state index contributed by atoms with van der Waals surface area (Å²) in [4.78, 5) is 12.6. The van der Waals surface area contributed by atoms with Gasteiger partial charge in [-0.15, -0.1) is 10.2 Å². The van der Waals surface area contributed by atoms with Crippen LogP contribution in [-0.4, -0.2) is 44.1 Å². The number of Topliss-reactive ketones (excluding diaryl/α,β-unsaturated/α-hetero) is 1. The van der Waals surface area contributed by atoms with E-state index in [2.05, 4.69) is 10.2 Å². The minimum Gasteiger partial charge on any atom is -0.508 e. The van der Waals surface area contributed by atoms with Crippen molar-refractivity contribution in [2.75, 3.05) is 12.4 Å². The molecule has 2 aromatic carbocycles. The molecule has 0 bridgehead atoms. The van der Waals surface area contributed by atoms with Gasteiger partial charge < -0.3 is 9.84 Å². The van der Waals surface area contributed by atoms with E-state index in [-0.39, 0.29) is 17.6 Å². The van der Waals surface area contributed by atoms with Crippen LogP contribution in [0.25, 0.3) is 11.4 Å². The Balaban J connectivity index is 1.55. The molecule has 1 fully saturated rings. The number of rotatable bonds is 7. The van der Waals surface area contributed by atoms with Crippen molar-refractivity contribution in [3.05, 3.63) is 59.7 Å². The Morgan fingerprint density at radius 2 is 1.93 bits per heavy atom. The lowest BCUT2D eigenvalue weighted by atomic mass is 10.1. The highest BCUT2D eigenvalue weighted by Crippen LogP contribution is 2.28. The number of hydrogen-bond donors (Lipinski definition) is 1. The van der Waals surface area contributed by atoms with Gasteiger partial charge in [-0.3, -0.25) is 9.36 Å². The molecule has 0 saturated carbocycles. The van der Waals surface area contributed by atoms with E-state index in [1.165, 1.54) is 11.8 Å². The average Bonchev–Trinajstić information content (AvgIpc) is 3.38. The Bertz CT molecular complexity index is 978. The van der Waals surface area contributed by atoms with E-state index in [4.69, 9.17) is 4.74 Å². The zero-order valence-electron chi connectivity index (χ0n) is 16.2. The lowest BCUT2D eigenvalue weighted by Gasteiger charge is -2.14. The number of hydrogen-bond acceptors (Lipinski definition) is 6. The number of thioether (sulfide) groups is 1. The van der Waals surface area contributed by atoms with Gasteiger partial charge >= 0.3 is 0 Å². The number of carbonyl (C=O) groups is 1. The van der Waals surface area contributed by atoms with Crippen molar-refractivity contribution < 1.29 is 14.6 Å². The molecule has 2 heterocycles. The van der Waals surface area contributed by atoms with Gasteiger partial charge in [0.1, 0.15) is 5.75 Å². The van der Waals surface area contributed by atoms with Crippen LogP contribution in [0.3, 0.4) is 0 Å². The molecule has 150 valence electrons. The van der Waals surface area contributed by atoms with Gasteiger partial charge in [0.25, 0.3) is 0 Å². The third-order valence-corrected chi connectivity index (χ3v) is 5.93. The van der Waals surface area contributed by atoms with Crippen molar-refractivity contribution in [3.63, 3.8) is 0 Å². The average molecular weight is 410 g/mol. The molecule has 7 heteroatoms. The summed E-state index contributed by atoms with van der Waals surface area (Å²) in [6.07, 6.45) is 2.17. The molecule has 1 N–H and O–H groups in total. The maximum absolute atomic E-state index is 12.6. The van der Waals surface area contributed by atoms with E-state index in [0.29, 0.717) is 28.8 Å². The summed E-state index contributed by atoms with van der Waals surface area (Å²) in [5.41, 5.74) is 2.70.